The van der Waals surface area contributed by atoms with Gasteiger partial charge in [0.05, 0.1) is 37.2 Å². The van der Waals surface area contributed by atoms with Crippen LogP contribution >= 0.6 is 0 Å². The van der Waals surface area contributed by atoms with Crippen molar-refractivity contribution in [2.75, 3.05) is 42.3 Å². The number of anilines is 3. The third-order valence-electron chi connectivity index (χ3n) is 7.27. The predicted molar refractivity (Wildman–Crippen MR) is 139 cm³/mol. The highest BCUT2D eigenvalue weighted by Crippen LogP contribution is 2.41. The van der Waals surface area contributed by atoms with E-state index >= 15 is 0 Å². The molecule has 3 aliphatic rings. The van der Waals surface area contributed by atoms with Gasteiger partial charge in [-0.3, -0.25) is 14.4 Å². The maximum atomic E-state index is 12.9. The first-order valence-electron chi connectivity index (χ1n) is 12.9. The van der Waals surface area contributed by atoms with E-state index < -0.39 is 0 Å². The van der Waals surface area contributed by atoms with Crippen molar-refractivity contribution in [2.45, 2.75) is 44.2 Å². The molecule has 3 amide bonds. The number of pyridine rings is 1. The summed E-state index contributed by atoms with van der Waals surface area (Å²) in [6, 6.07) is 3.71. The summed E-state index contributed by atoms with van der Waals surface area (Å²) in [5, 5.41) is 6.06. The van der Waals surface area contributed by atoms with Gasteiger partial charge >= 0.3 is 0 Å². The molecule has 3 aromatic heterocycles. The molecule has 2 N–H and O–H groups in total. The molecule has 12 nitrogen and oxygen atoms in total. The number of nitrogens with one attached hydrogen (secondary N) is 2. The van der Waals surface area contributed by atoms with Crippen molar-refractivity contribution in [1.82, 2.24) is 24.3 Å². The van der Waals surface area contributed by atoms with Crippen molar-refractivity contribution in [3.63, 3.8) is 0 Å². The largest absolute Gasteiger partial charge is 0.377 e. The zero-order valence-corrected chi connectivity index (χ0v) is 21.2. The quantitative estimate of drug-likeness (QED) is 0.367. The molecule has 38 heavy (non-hydrogen) atoms. The molecule has 0 radical (unpaired) electrons. The normalized spacial score (nSPS) is 17.1. The molecular formula is C26H30N8O4. The lowest BCUT2D eigenvalue weighted by Gasteiger charge is -2.35. The summed E-state index contributed by atoms with van der Waals surface area (Å²) in [5.41, 5.74) is 3.06. The van der Waals surface area contributed by atoms with Crippen LogP contribution in [0.1, 0.15) is 42.9 Å². The Balaban J connectivity index is 1.21. The summed E-state index contributed by atoms with van der Waals surface area (Å²) in [6.07, 6.45) is 10.1. The molecule has 0 unspecified atom stereocenters. The Kier molecular flexibility index (Phi) is 6.40. The Hall–Kier alpha value is -4.06. The molecular weight excluding hydrogens is 488 g/mol. The lowest BCUT2D eigenvalue weighted by atomic mass is 10.1. The van der Waals surface area contributed by atoms with Crippen molar-refractivity contribution in [3.8, 4) is 0 Å². The minimum absolute atomic E-state index is 0.0144. The van der Waals surface area contributed by atoms with Gasteiger partial charge in [-0.05, 0) is 43.2 Å². The van der Waals surface area contributed by atoms with E-state index in [1.54, 1.807) is 18.0 Å². The Morgan fingerprint density at radius 3 is 2.61 bits per heavy atom. The molecule has 0 atom stereocenters. The van der Waals surface area contributed by atoms with Crippen LogP contribution in [0.5, 0.6) is 0 Å². The molecule has 0 aromatic carbocycles. The number of imidazole rings is 1. The molecule has 1 saturated heterocycles. The van der Waals surface area contributed by atoms with Crippen molar-refractivity contribution in [3.05, 3.63) is 42.1 Å². The first-order valence-corrected chi connectivity index (χ1v) is 12.9. The van der Waals surface area contributed by atoms with Crippen LogP contribution in [0.4, 0.5) is 17.3 Å². The standard InChI is InChI=1S/C26H30N8O4/c1-32(20-12-38-13-20)24(36)11-34(15-35)21-6-18(16-2-3-16)9-33-10-19(30-25(21)33)8-27-22-7-23(29-14-28-22)31-26(37)17-4-5-17/h6-7,9-10,14-17,20H,2-5,8,11-13H2,1H3,(H2,27,28,29,31,37). The Morgan fingerprint density at radius 1 is 1.13 bits per heavy atom. The zero-order chi connectivity index (χ0) is 26.2. The van der Waals surface area contributed by atoms with Gasteiger partial charge in [0.15, 0.2) is 5.65 Å². The van der Waals surface area contributed by atoms with Gasteiger partial charge in [-0.15, -0.1) is 0 Å². The fourth-order valence-electron chi connectivity index (χ4n) is 4.45. The van der Waals surface area contributed by atoms with Crippen LogP contribution in [-0.4, -0.2) is 75.3 Å². The topological polar surface area (TPSA) is 134 Å². The lowest BCUT2D eigenvalue weighted by Crippen LogP contribution is -2.52. The average molecular weight is 519 g/mol. The molecule has 198 valence electrons. The highest BCUT2D eigenvalue weighted by Gasteiger charge is 2.31. The van der Waals surface area contributed by atoms with Gasteiger partial charge in [0.25, 0.3) is 0 Å². The number of hydrogen-bond acceptors (Lipinski definition) is 8. The average Bonchev–Trinajstić information content (AvgIpc) is 3.81. The summed E-state index contributed by atoms with van der Waals surface area (Å²) in [7, 11) is 1.74. The predicted octanol–water partition coefficient (Wildman–Crippen LogP) is 1.78. The molecule has 4 heterocycles. The number of nitrogens with zero attached hydrogens (tertiary/aromatic N) is 6. The Morgan fingerprint density at radius 2 is 1.92 bits per heavy atom. The number of carbonyl (C=O) groups excluding carboxylic acids is 3. The second kappa shape index (κ2) is 10.0. The monoisotopic (exact) mass is 518 g/mol. The van der Waals surface area contributed by atoms with Gasteiger partial charge in [0, 0.05) is 31.4 Å². The Labute approximate surface area is 219 Å². The van der Waals surface area contributed by atoms with Gasteiger partial charge in [0.2, 0.25) is 18.2 Å². The van der Waals surface area contributed by atoms with Crippen LogP contribution in [0.25, 0.3) is 5.65 Å². The van der Waals surface area contributed by atoms with Crippen molar-refractivity contribution >= 4 is 41.2 Å². The number of hydrogen-bond donors (Lipinski definition) is 2. The van der Waals surface area contributed by atoms with Crippen LogP contribution in [-0.2, 0) is 25.7 Å². The second-order valence-corrected chi connectivity index (χ2v) is 10.2. The molecule has 1 aliphatic heterocycles. The first-order chi connectivity index (χ1) is 18.5. The Bertz CT molecular complexity index is 1380. The summed E-state index contributed by atoms with van der Waals surface area (Å²) in [4.78, 5) is 53.3. The van der Waals surface area contributed by atoms with E-state index in [1.165, 1.54) is 11.2 Å². The number of ether oxygens (including phenoxy) is 1. The summed E-state index contributed by atoms with van der Waals surface area (Å²) in [6.45, 7) is 1.33. The van der Waals surface area contributed by atoms with Crippen LogP contribution in [0, 0.1) is 5.92 Å². The maximum Gasteiger partial charge on any atom is 0.242 e. The van der Waals surface area contributed by atoms with Crippen molar-refractivity contribution < 1.29 is 19.1 Å². The number of amides is 3. The van der Waals surface area contributed by atoms with Crippen LogP contribution in [0.15, 0.2) is 30.9 Å². The van der Waals surface area contributed by atoms with Gasteiger partial charge in [-0.25, -0.2) is 15.0 Å². The minimum Gasteiger partial charge on any atom is -0.377 e. The van der Waals surface area contributed by atoms with E-state index in [0.717, 1.165) is 36.9 Å². The summed E-state index contributed by atoms with van der Waals surface area (Å²) < 4.78 is 7.12. The fraction of sp³-hybridized carbons (Fsp3) is 0.462. The molecule has 3 fully saturated rings. The smallest absolute Gasteiger partial charge is 0.242 e. The summed E-state index contributed by atoms with van der Waals surface area (Å²) in [5.74, 6) is 1.39. The number of likely N-dealkylation sites (N-methyl/N-ethyl adjacent to an activating group) is 1. The van der Waals surface area contributed by atoms with Crippen LogP contribution < -0.4 is 15.5 Å². The number of rotatable bonds is 11. The van der Waals surface area contributed by atoms with E-state index in [1.807, 2.05) is 22.9 Å². The van der Waals surface area contributed by atoms with E-state index in [2.05, 4.69) is 20.6 Å². The number of aromatic nitrogens is 4. The molecule has 0 spiro atoms. The van der Waals surface area contributed by atoms with Crippen LogP contribution in [0.3, 0.4) is 0 Å². The van der Waals surface area contributed by atoms with Gasteiger partial charge in [-0.1, -0.05) is 0 Å². The van der Waals surface area contributed by atoms with Gasteiger partial charge in [0.1, 0.15) is 24.5 Å². The van der Waals surface area contributed by atoms with E-state index in [-0.39, 0.29) is 30.3 Å². The van der Waals surface area contributed by atoms with E-state index in [0.29, 0.717) is 55.1 Å². The summed E-state index contributed by atoms with van der Waals surface area (Å²) >= 11 is 0. The molecule has 12 heteroatoms. The number of fused-ring (bicyclic) bond motifs is 1. The third kappa shape index (κ3) is 5.17. The SMILES string of the molecule is CN(C(=O)CN(C=O)c1cc(C2CC2)cn2cc(CNc3cc(NC(=O)C4CC4)ncn3)nc12)C1COC1. The van der Waals surface area contributed by atoms with Crippen LogP contribution in [0.2, 0.25) is 0 Å². The molecule has 6 rings (SSSR count). The second-order valence-electron chi connectivity index (χ2n) is 10.2. The van der Waals surface area contributed by atoms with E-state index in [9.17, 15) is 14.4 Å². The first kappa shape index (κ1) is 24.3. The fourth-order valence-corrected chi connectivity index (χ4v) is 4.45. The highest BCUT2D eigenvalue weighted by atomic mass is 16.5. The van der Waals surface area contributed by atoms with E-state index in [4.69, 9.17) is 9.72 Å². The number of carbonyl (C=O) groups is 3. The minimum atomic E-state index is -0.151. The maximum absolute atomic E-state index is 12.9. The van der Waals surface area contributed by atoms with Crippen molar-refractivity contribution in [1.29, 1.82) is 0 Å². The highest BCUT2D eigenvalue weighted by molar-refractivity contribution is 5.93. The molecule has 3 aromatic rings. The van der Waals surface area contributed by atoms with Gasteiger partial charge in [-0.2, -0.15) is 0 Å². The molecule has 0 bridgehead atoms. The zero-order valence-electron chi connectivity index (χ0n) is 21.2. The van der Waals surface area contributed by atoms with Crippen molar-refractivity contribution in [2.24, 2.45) is 5.92 Å². The lowest BCUT2D eigenvalue weighted by molar-refractivity contribution is -0.140. The molecule has 2 aliphatic carbocycles. The molecule has 2 saturated carbocycles. The third-order valence-corrected chi connectivity index (χ3v) is 7.27. The van der Waals surface area contributed by atoms with Gasteiger partial charge < -0.3 is 29.6 Å².